The molecule has 0 unspecified atom stereocenters. The molecule has 0 saturated carbocycles. The van der Waals surface area contributed by atoms with Gasteiger partial charge in [0.2, 0.25) is 0 Å². The molecule has 0 bridgehead atoms. The third-order valence-electron chi connectivity index (χ3n) is 4.24. The number of rotatable bonds is 3. The first kappa shape index (κ1) is 19.6. The predicted molar refractivity (Wildman–Crippen MR) is 119 cm³/mol. The van der Waals surface area contributed by atoms with Crippen LogP contribution in [0.4, 0.5) is 0 Å². The third kappa shape index (κ3) is 3.92. The summed E-state index contributed by atoms with van der Waals surface area (Å²) in [6, 6.07) is 18.7. The number of benzene rings is 3. The first-order valence-electron chi connectivity index (χ1n) is 8.48. The van der Waals surface area contributed by atoms with Crippen LogP contribution in [0, 0.1) is 0 Å². The summed E-state index contributed by atoms with van der Waals surface area (Å²) in [6.07, 6.45) is 0. The minimum absolute atomic E-state index is 0.221. The van der Waals surface area contributed by atoms with Gasteiger partial charge in [0.15, 0.2) is 5.82 Å². The number of nitrogens with one attached hydrogen (secondary N) is 1. The molecule has 4 rings (SSSR count). The van der Waals surface area contributed by atoms with E-state index in [1.54, 1.807) is 66.7 Å². The number of carbonyl (C=O) groups is 1. The van der Waals surface area contributed by atoms with Gasteiger partial charge in [0, 0.05) is 15.1 Å². The number of amides is 1. The molecule has 0 radical (unpaired) electrons. The average Bonchev–Trinajstić information content (AvgIpc) is 2.71. The lowest BCUT2D eigenvalue weighted by Gasteiger charge is -2.15. The van der Waals surface area contributed by atoms with Crippen molar-refractivity contribution in [3.8, 4) is 11.4 Å². The maximum Gasteiger partial charge on any atom is 0.280 e. The van der Waals surface area contributed by atoms with Crippen molar-refractivity contribution in [1.29, 1.82) is 0 Å². The van der Waals surface area contributed by atoms with Crippen LogP contribution < -0.4 is 11.0 Å². The fraction of sp³-hybridized carbons (Fsp3) is 0. The van der Waals surface area contributed by atoms with E-state index in [2.05, 4.69) is 26.3 Å². The molecule has 144 valence electrons. The minimum Gasteiger partial charge on any atom is -0.267 e. The molecule has 0 spiro atoms. The van der Waals surface area contributed by atoms with E-state index >= 15 is 0 Å². The molecule has 1 N–H and O–H groups in total. The molecule has 0 aliphatic carbocycles. The molecule has 29 heavy (non-hydrogen) atoms. The summed E-state index contributed by atoms with van der Waals surface area (Å²) in [5, 5.41) is 1.12. The van der Waals surface area contributed by atoms with Crippen molar-refractivity contribution >= 4 is 55.9 Å². The first-order valence-corrected chi connectivity index (χ1v) is 10.0. The maximum atomic E-state index is 13.2. The molecule has 0 fully saturated rings. The second kappa shape index (κ2) is 7.99. The Morgan fingerprint density at radius 2 is 1.79 bits per heavy atom. The lowest BCUT2D eigenvalue weighted by molar-refractivity contribution is 0.101. The zero-order valence-corrected chi connectivity index (χ0v) is 17.8. The van der Waals surface area contributed by atoms with Gasteiger partial charge in [-0.25, -0.2) is 4.98 Å². The van der Waals surface area contributed by atoms with Crippen molar-refractivity contribution in [3.05, 3.63) is 97.2 Å². The highest BCUT2D eigenvalue weighted by Crippen LogP contribution is 2.23. The first-order chi connectivity index (χ1) is 13.9. The summed E-state index contributed by atoms with van der Waals surface area (Å²) >= 11 is 15.6. The Morgan fingerprint density at radius 3 is 2.59 bits per heavy atom. The molecule has 8 heteroatoms. The van der Waals surface area contributed by atoms with E-state index < -0.39 is 11.5 Å². The Balaban J connectivity index is 1.91. The average molecular weight is 489 g/mol. The molecule has 0 aliphatic rings. The fourth-order valence-electron chi connectivity index (χ4n) is 2.89. The Hall–Kier alpha value is -2.67. The SMILES string of the molecule is O=C(Nn1c(-c2cccc(Cl)c2)nc2ccccc2c1=O)c1cc(Br)ccc1Cl. The number of hydrogen-bond donors (Lipinski definition) is 1. The predicted octanol–water partition coefficient (Wildman–Crippen LogP) is 5.52. The Labute approximate surface area is 184 Å². The van der Waals surface area contributed by atoms with E-state index in [1.807, 2.05) is 0 Å². The second-order valence-electron chi connectivity index (χ2n) is 6.17. The van der Waals surface area contributed by atoms with Crippen LogP contribution in [0.5, 0.6) is 0 Å². The van der Waals surface area contributed by atoms with Gasteiger partial charge < -0.3 is 0 Å². The van der Waals surface area contributed by atoms with Gasteiger partial charge in [-0.05, 0) is 42.5 Å². The van der Waals surface area contributed by atoms with Gasteiger partial charge in [-0.1, -0.05) is 63.4 Å². The number of nitrogens with zero attached hydrogens (tertiary/aromatic N) is 2. The van der Waals surface area contributed by atoms with Gasteiger partial charge in [-0.3, -0.25) is 15.0 Å². The van der Waals surface area contributed by atoms with E-state index in [1.165, 1.54) is 0 Å². The molecule has 0 aliphatic heterocycles. The summed E-state index contributed by atoms with van der Waals surface area (Å²) in [4.78, 5) is 30.6. The number of para-hydroxylation sites is 1. The Morgan fingerprint density at radius 1 is 1.00 bits per heavy atom. The van der Waals surface area contributed by atoms with Crippen LogP contribution in [0.2, 0.25) is 10.0 Å². The second-order valence-corrected chi connectivity index (χ2v) is 7.93. The summed E-state index contributed by atoms with van der Waals surface area (Å²) in [6.45, 7) is 0. The quantitative estimate of drug-likeness (QED) is 0.413. The summed E-state index contributed by atoms with van der Waals surface area (Å²) in [5.74, 6) is -0.283. The van der Waals surface area contributed by atoms with Gasteiger partial charge in [-0.15, -0.1) is 0 Å². The molecule has 4 aromatic rings. The summed E-state index contributed by atoms with van der Waals surface area (Å²) < 4.78 is 1.80. The zero-order chi connectivity index (χ0) is 20.5. The standard InChI is InChI=1S/C21H12BrCl2N3O2/c22-13-8-9-17(24)16(11-13)20(28)26-27-19(12-4-3-5-14(23)10-12)25-18-7-2-1-6-15(18)21(27)29/h1-11H,(H,26,28). The number of hydrogen-bond acceptors (Lipinski definition) is 3. The van der Waals surface area contributed by atoms with E-state index in [9.17, 15) is 9.59 Å². The highest BCUT2D eigenvalue weighted by molar-refractivity contribution is 9.10. The van der Waals surface area contributed by atoms with Crippen LogP contribution in [0.15, 0.2) is 76.0 Å². The summed E-state index contributed by atoms with van der Waals surface area (Å²) in [5.41, 5.74) is 3.53. The lowest BCUT2D eigenvalue weighted by atomic mass is 10.2. The van der Waals surface area contributed by atoms with Crippen molar-refractivity contribution in [2.24, 2.45) is 0 Å². The molecule has 0 atom stereocenters. The van der Waals surface area contributed by atoms with Crippen molar-refractivity contribution in [2.75, 3.05) is 5.43 Å². The largest absolute Gasteiger partial charge is 0.280 e. The van der Waals surface area contributed by atoms with Crippen LogP contribution in [0.1, 0.15) is 10.4 Å². The fourth-order valence-corrected chi connectivity index (χ4v) is 3.65. The van der Waals surface area contributed by atoms with Crippen LogP contribution in [0.25, 0.3) is 22.3 Å². The molecule has 5 nitrogen and oxygen atoms in total. The lowest BCUT2D eigenvalue weighted by Crippen LogP contribution is -2.35. The number of aromatic nitrogens is 2. The topological polar surface area (TPSA) is 64.0 Å². The van der Waals surface area contributed by atoms with E-state index in [-0.39, 0.29) is 16.4 Å². The Kier molecular flexibility index (Phi) is 5.41. The van der Waals surface area contributed by atoms with Crippen LogP contribution in [0.3, 0.4) is 0 Å². The van der Waals surface area contributed by atoms with Gasteiger partial charge in [0.25, 0.3) is 11.5 Å². The van der Waals surface area contributed by atoms with E-state index in [0.717, 1.165) is 4.68 Å². The van der Waals surface area contributed by atoms with Gasteiger partial charge >= 0.3 is 0 Å². The molecule has 1 amide bonds. The molecule has 0 saturated heterocycles. The minimum atomic E-state index is -0.543. The Bertz CT molecular complexity index is 1320. The van der Waals surface area contributed by atoms with Crippen LogP contribution in [-0.4, -0.2) is 15.6 Å². The van der Waals surface area contributed by atoms with Crippen molar-refractivity contribution < 1.29 is 4.79 Å². The number of halogens is 3. The van der Waals surface area contributed by atoms with Crippen molar-refractivity contribution in [2.45, 2.75) is 0 Å². The molecule has 1 heterocycles. The van der Waals surface area contributed by atoms with Crippen LogP contribution >= 0.6 is 39.1 Å². The zero-order valence-electron chi connectivity index (χ0n) is 14.7. The van der Waals surface area contributed by atoms with Crippen LogP contribution in [-0.2, 0) is 0 Å². The monoisotopic (exact) mass is 487 g/mol. The van der Waals surface area contributed by atoms with Gasteiger partial charge in [0.1, 0.15) is 0 Å². The maximum absolute atomic E-state index is 13.2. The highest BCUT2D eigenvalue weighted by atomic mass is 79.9. The molecular formula is C21H12BrCl2N3O2. The van der Waals surface area contributed by atoms with Gasteiger partial charge in [-0.2, -0.15) is 4.68 Å². The van der Waals surface area contributed by atoms with Crippen molar-refractivity contribution in [3.63, 3.8) is 0 Å². The number of fused-ring (bicyclic) bond motifs is 1. The van der Waals surface area contributed by atoms with E-state index in [0.29, 0.717) is 26.0 Å². The molecule has 1 aromatic heterocycles. The highest BCUT2D eigenvalue weighted by Gasteiger charge is 2.18. The third-order valence-corrected chi connectivity index (χ3v) is 5.30. The number of carbonyl (C=O) groups excluding carboxylic acids is 1. The van der Waals surface area contributed by atoms with Gasteiger partial charge in [0.05, 0.1) is 21.5 Å². The smallest absolute Gasteiger partial charge is 0.267 e. The van der Waals surface area contributed by atoms with E-state index in [4.69, 9.17) is 23.2 Å². The normalized spacial score (nSPS) is 10.9. The molecular weight excluding hydrogens is 477 g/mol. The summed E-state index contributed by atoms with van der Waals surface area (Å²) in [7, 11) is 0. The molecule has 3 aromatic carbocycles. The van der Waals surface area contributed by atoms with Crippen molar-refractivity contribution in [1.82, 2.24) is 9.66 Å².